The topological polar surface area (TPSA) is 148 Å². The lowest BCUT2D eigenvalue weighted by atomic mass is 9.88. The standard InChI is InChI=1S/C51H62BrF2N10O4P/c1-31-24-43(58-51-55-30-38(52)50(60-51)57-42-12-11-41-37(10-9-32(2)56-41)49(42)69(4,5)67)45(68-3)29-44(31)63-18-14-34(15-19-63)62-22-20-61(21-23-62)17-13-35-8-6-7-16-64(35)36-27-39(53)48(40(54)28-36)33-25-46(65)59-47(66)26-33/h9-12,24,27-30,33-35H,6-8,13-23,25-26H2,1-5H3,(H,59,65,66)(H2,55,57,58,60). The lowest BCUT2D eigenvalue weighted by Crippen LogP contribution is -2.53. The van der Waals surface area contributed by atoms with E-state index in [9.17, 15) is 14.2 Å². The quantitative estimate of drug-likeness (QED) is 0.0762. The molecule has 14 nitrogen and oxygen atoms in total. The van der Waals surface area contributed by atoms with Crippen LogP contribution in [0.4, 0.5) is 43.3 Å². The van der Waals surface area contributed by atoms with Gasteiger partial charge in [-0.2, -0.15) is 4.98 Å². The molecule has 1 atom stereocenters. The number of benzene rings is 3. The molecule has 4 saturated heterocycles. The second kappa shape index (κ2) is 20.6. The monoisotopic (exact) mass is 1030 g/mol. The molecule has 0 aliphatic carbocycles. The zero-order valence-corrected chi connectivity index (χ0v) is 42.6. The average Bonchev–Trinajstić information content (AvgIpc) is 3.31. The van der Waals surface area contributed by atoms with E-state index in [1.807, 2.05) is 31.2 Å². The van der Waals surface area contributed by atoms with E-state index in [4.69, 9.17) is 9.72 Å². The number of halogens is 3. The van der Waals surface area contributed by atoms with Crippen molar-refractivity contribution in [1.82, 2.24) is 30.1 Å². The Bertz CT molecular complexity index is 2760. The molecule has 6 heterocycles. The van der Waals surface area contributed by atoms with Crippen LogP contribution in [0.3, 0.4) is 0 Å². The summed E-state index contributed by atoms with van der Waals surface area (Å²) in [6, 6.07) is 15.4. The highest BCUT2D eigenvalue weighted by Gasteiger charge is 2.34. The number of carbonyl (C=O) groups is 2. The predicted octanol–water partition coefficient (Wildman–Crippen LogP) is 8.98. The normalized spacial score (nSPS) is 19.3. The molecule has 4 aliphatic heterocycles. The van der Waals surface area contributed by atoms with E-state index in [0.29, 0.717) is 39.4 Å². The Morgan fingerprint density at radius 2 is 1.58 bits per heavy atom. The van der Waals surface area contributed by atoms with Gasteiger partial charge in [-0.05, 0) is 124 Å². The van der Waals surface area contributed by atoms with E-state index in [1.165, 1.54) is 12.1 Å². The molecule has 4 aliphatic rings. The summed E-state index contributed by atoms with van der Waals surface area (Å²) in [5.74, 6) is -1.57. The Kier molecular flexibility index (Phi) is 14.6. The number of piperidine rings is 3. The molecule has 4 fully saturated rings. The third-order valence-electron chi connectivity index (χ3n) is 14.4. The van der Waals surface area contributed by atoms with Crippen molar-refractivity contribution >= 4 is 85.6 Å². The maximum atomic E-state index is 15.5. The molecule has 0 spiro atoms. The number of carbonyl (C=O) groups excluding carboxylic acids is 2. The van der Waals surface area contributed by atoms with Gasteiger partial charge in [-0.3, -0.25) is 24.8 Å². The van der Waals surface area contributed by atoms with Crippen LogP contribution in [0.5, 0.6) is 5.75 Å². The molecular weight excluding hydrogens is 966 g/mol. The molecule has 0 radical (unpaired) electrons. The van der Waals surface area contributed by atoms with Crippen molar-refractivity contribution in [3.63, 3.8) is 0 Å². The number of methoxy groups -OCH3 is 1. The van der Waals surface area contributed by atoms with Gasteiger partial charge in [0.1, 0.15) is 30.3 Å². The van der Waals surface area contributed by atoms with E-state index in [-0.39, 0.29) is 24.4 Å². The SMILES string of the molecule is COc1cc(N2CCC(N3CCN(CCC4CCCCN4c4cc(F)c(C5CC(=O)NC(=O)C5)c(F)c4)CC3)CC2)c(C)cc1Nc1ncc(Br)c(Nc2ccc3nc(C)ccc3c2P(C)(C)=O)n1. The first-order valence-corrected chi connectivity index (χ1v) is 27.5. The summed E-state index contributed by atoms with van der Waals surface area (Å²) >= 11 is 3.61. The van der Waals surface area contributed by atoms with Crippen LogP contribution in [-0.2, 0) is 14.2 Å². The van der Waals surface area contributed by atoms with Crippen molar-refractivity contribution in [3.8, 4) is 5.75 Å². The predicted molar refractivity (Wildman–Crippen MR) is 274 cm³/mol. The Morgan fingerprint density at radius 3 is 2.28 bits per heavy atom. The number of imide groups is 1. The van der Waals surface area contributed by atoms with E-state index >= 15 is 8.78 Å². The van der Waals surface area contributed by atoms with E-state index < -0.39 is 36.5 Å². The number of nitrogens with zero attached hydrogens (tertiary/aromatic N) is 7. The molecule has 366 valence electrons. The molecule has 2 aromatic heterocycles. The fourth-order valence-corrected chi connectivity index (χ4v) is 12.7. The Morgan fingerprint density at radius 1 is 0.855 bits per heavy atom. The van der Waals surface area contributed by atoms with E-state index in [2.05, 4.69) is 80.5 Å². The minimum absolute atomic E-state index is 0.104. The van der Waals surface area contributed by atoms with Gasteiger partial charge >= 0.3 is 0 Å². The zero-order valence-electron chi connectivity index (χ0n) is 40.1. The molecule has 1 unspecified atom stereocenters. The van der Waals surface area contributed by atoms with Gasteiger partial charge in [0.05, 0.1) is 28.5 Å². The first-order chi connectivity index (χ1) is 33.1. The molecule has 9 rings (SSSR count). The number of pyridine rings is 1. The van der Waals surface area contributed by atoms with Gasteiger partial charge in [-0.15, -0.1) is 0 Å². The number of ether oxygens (including phenoxy) is 1. The smallest absolute Gasteiger partial charge is 0.229 e. The molecule has 5 aromatic rings. The van der Waals surface area contributed by atoms with Crippen molar-refractivity contribution in [2.45, 2.75) is 83.2 Å². The molecule has 3 N–H and O–H groups in total. The van der Waals surface area contributed by atoms with E-state index in [1.54, 1.807) is 26.6 Å². The van der Waals surface area contributed by atoms with Crippen LogP contribution in [-0.4, -0.2) is 121 Å². The van der Waals surface area contributed by atoms with Gasteiger partial charge in [-0.25, -0.2) is 13.8 Å². The lowest BCUT2D eigenvalue weighted by molar-refractivity contribution is -0.133. The molecule has 0 bridgehead atoms. The van der Waals surface area contributed by atoms with Crippen molar-refractivity contribution in [1.29, 1.82) is 0 Å². The van der Waals surface area contributed by atoms with Crippen LogP contribution in [0.2, 0.25) is 0 Å². The molecule has 3 aromatic carbocycles. The number of nitrogens with one attached hydrogen (secondary N) is 3. The molecule has 2 amide bonds. The van der Waals surface area contributed by atoms with Crippen molar-refractivity contribution in [3.05, 3.63) is 87.7 Å². The minimum Gasteiger partial charge on any atom is -0.494 e. The number of amides is 2. The summed E-state index contributed by atoms with van der Waals surface area (Å²) in [5.41, 5.74) is 5.77. The minimum atomic E-state index is -2.73. The number of fused-ring (bicyclic) bond motifs is 1. The number of aryl methyl sites for hydroxylation is 2. The van der Waals surface area contributed by atoms with Gasteiger partial charge in [0, 0.05) is 129 Å². The second-order valence-corrected chi connectivity index (χ2v) is 23.4. The number of anilines is 6. The number of rotatable bonds is 13. The van der Waals surface area contributed by atoms with Crippen LogP contribution >= 0.6 is 23.1 Å². The largest absolute Gasteiger partial charge is 0.494 e. The highest BCUT2D eigenvalue weighted by Crippen LogP contribution is 2.43. The van der Waals surface area contributed by atoms with Crippen LogP contribution in [0.15, 0.2) is 59.2 Å². The van der Waals surface area contributed by atoms with Crippen LogP contribution in [0.1, 0.15) is 74.1 Å². The van der Waals surface area contributed by atoms with Gasteiger partial charge in [0.2, 0.25) is 17.8 Å². The Labute approximate surface area is 411 Å². The number of piperazine rings is 1. The number of hydrogen-bond acceptors (Lipinski definition) is 13. The van der Waals surface area contributed by atoms with Crippen molar-refractivity contribution < 1.29 is 27.7 Å². The number of hydrogen-bond donors (Lipinski definition) is 3. The van der Waals surface area contributed by atoms with Gasteiger partial charge in [0.25, 0.3) is 0 Å². The maximum Gasteiger partial charge on any atom is 0.229 e. The third-order valence-corrected chi connectivity index (χ3v) is 16.5. The summed E-state index contributed by atoms with van der Waals surface area (Å²) in [4.78, 5) is 47.8. The maximum absolute atomic E-state index is 15.5. The number of aromatic nitrogens is 3. The van der Waals surface area contributed by atoms with E-state index in [0.717, 1.165) is 130 Å². The second-order valence-electron chi connectivity index (χ2n) is 19.4. The van der Waals surface area contributed by atoms with Crippen molar-refractivity contribution in [2.24, 2.45) is 0 Å². The molecule has 0 saturated carbocycles. The zero-order chi connectivity index (χ0) is 48.6. The summed E-state index contributed by atoms with van der Waals surface area (Å²) in [7, 11) is -1.06. The summed E-state index contributed by atoms with van der Waals surface area (Å²) in [5, 5.41) is 10.6. The molecule has 18 heteroatoms. The first kappa shape index (κ1) is 48.8. The van der Waals surface area contributed by atoms with Crippen molar-refractivity contribution in [2.75, 3.05) is 93.2 Å². The van der Waals surface area contributed by atoms with Gasteiger partial charge < -0.3 is 34.6 Å². The fourth-order valence-electron chi connectivity index (χ4n) is 10.9. The third kappa shape index (κ3) is 10.9. The fraction of sp³-hybridized carbons (Fsp3) is 0.471. The summed E-state index contributed by atoms with van der Waals surface area (Å²) in [6.07, 6.45) is 7.55. The Hall–Kier alpha value is -5.22. The van der Waals surface area contributed by atoms with Gasteiger partial charge in [0.15, 0.2) is 0 Å². The average molecular weight is 1030 g/mol. The lowest BCUT2D eigenvalue weighted by Gasteiger charge is -2.44. The Balaban J connectivity index is 0.781. The van der Waals surface area contributed by atoms with Crippen LogP contribution in [0.25, 0.3) is 10.9 Å². The summed E-state index contributed by atoms with van der Waals surface area (Å²) in [6.45, 7) is 15.2. The highest BCUT2D eigenvalue weighted by molar-refractivity contribution is 9.10. The molecule has 69 heavy (non-hydrogen) atoms. The van der Waals surface area contributed by atoms with Crippen LogP contribution < -0.4 is 35.8 Å². The molecular formula is C51H62BrF2N10O4P. The van der Waals surface area contributed by atoms with Crippen LogP contribution in [0, 0.1) is 25.5 Å². The first-order valence-electron chi connectivity index (χ1n) is 24.1. The van der Waals surface area contributed by atoms with Gasteiger partial charge in [-0.1, -0.05) is 6.07 Å². The highest BCUT2D eigenvalue weighted by atomic mass is 79.9. The summed E-state index contributed by atoms with van der Waals surface area (Å²) < 4.78 is 51.3.